The molecule has 32 heavy (non-hydrogen) atoms. The highest BCUT2D eigenvalue weighted by Crippen LogP contribution is 2.21. The van der Waals surface area contributed by atoms with Crippen molar-refractivity contribution in [2.45, 2.75) is 20.1 Å². The van der Waals surface area contributed by atoms with Crippen molar-refractivity contribution >= 4 is 38.7 Å². The van der Waals surface area contributed by atoms with Crippen molar-refractivity contribution in [2.24, 2.45) is 0 Å². The Morgan fingerprint density at radius 2 is 1.53 bits per heavy atom. The van der Waals surface area contributed by atoms with Crippen molar-refractivity contribution < 1.29 is 13.9 Å². The fraction of sp³-hybridized carbons (Fsp3) is 0.115. The molecule has 2 heterocycles. The number of benzene rings is 3. The molecule has 0 radical (unpaired) electrons. The van der Waals surface area contributed by atoms with Crippen LogP contribution in [0.3, 0.4) is 0 Å². The van der Waals surface area contributed by atoms with E-state index in [1.165, 1.54) is 6.07 Å². The molecule has 0 saturated heterocycles. The third-order valence-electron chi connectivity index (χ3n) is 5.54. The average Bonchev–Trinajstić information content (AvgIpc) is 2.80. The minimum absolute atomic E-state index is 0.0555. The van der Waals surface area contributed by atoms with Gasteiger partial charge >= 0.3 is 11.6 Å². The van der Waals surface area contributed by atoms with Crippen molar-refractivity contribution in [1.82, 2.24) is 4.57 Å². The molecule has 3 aromatic carbocycles. The van der Waals surface area contributed by atoms with E-state index in [0.717, 1.165) is 10.9 Å². The molecule has 0 aliphatic carbocycles. The zero-order valence-electron chi connectivity index (χ0n) is 17.3. The number of carbonyl (C=O) groups excluding carboxylic acids is 1. The van der Waals surface area contributed by atoms with Gasteiger partial charge in [-0.2, -0.15) is 0 Å². The maximum atomic E-state index is 12.8. The molecule has 5 rings (SSSR count). The van der Waals surface area contributed by atoms with Gasteiger partial charge in [-0.15, -0.1) is 0 Å². The minimum Gasteiger partial charge on any atom is -0.459 e. The molecule has 0 saturated carbocycles. The zero-order chi connectivity index (χ0) is 22.2. The summed E-state index contributed by atoms with van der Waals surface area (Å²) in [6, 6.07) is 21.3. The Kier molecular flexibility index (Phi) is 4.82. The number of esters is 1. The molecule has 0 unspecified atom stereocenters. The van der Waals surface area contributed by atoms with Gasteiger partial charge in [0.1, 0.15) is 18.7 Å². The minimum atomic E-state index is -0.494. The Morgan fingerprint density at radius 3 is 2.22 bits per heavy atom. The molecule has 0 bridgehead atoms. The molecule has 5 aromatic rings. The van der Waals surface area contributed by atoms with Gasteiger partial charge < -0.3 is 13.7 Å². The number of aryl methyl sites for hydroxylation is 1. The van der Waals surface area contributed by atoms with Crippen molar-refractivity contribution in [3.8, 4) is 0 Å². The van der Waals surface area contributed by atoms with Crippen LogP contribution in [0.25, 0.3) is 32.8 Å². The van der Waals surface area contributed by atoms with E-state index in [9.17, 15) is 14.4 Å². The fourth-order valence-corrected chi connectivity index (χ4v) is 4.04. The van der Waals surface area contributed by atoms with E-state index in [4.69, 9.17) is 9.15 Å². The van der Waals surface area contributed by atoms with Crippen LogP contribution >= 0.6 is 0 Å². The van der Waals surface area contributed by atoms with Gasteiger partial charge in [-0.25, -0.2) is 4.79 Å². The first-order valence-electron chi connectivity index (χ1n) is 10.2. The van der Waals surface area contributed by atoms with E-state index in [1.54, 1.807) is 34.9 Å². The smallest absolute Gasteiger partial charge is 0.336 e. The molecule has 0 amide bonds. The van der Waals surface area contributed by atoms with Gasteiger partial charge in [0, 0.05) is 27.8 Å². The maximum Gasteiger partial charge on any atom is 0.336 e. The Bertz CT molecular complexity index is 1570. The van der Waals surface area contributed by atoms with Crippen molar-refractivity contribution in [1.29, 1.82) is 0 Å². The third-order valence-corrected chi connectivity index (χ3v) is 5.54. The van der Waals surface area contributed by atoms with Crippen molar-refractivity contribution in [3.63, 3.8) is 0 Å². The molecular weight excluding hydrogens is 406 g/mol. The van der Waals surface area contributed by atoms with Crippen LogP contribution in [0.1, 0.15) is 11.1 Å². The summed E-state index contributed by atoms with van der Waals surface area (Å²) in [5, 5.41) is 1.81. The fourth-order valence-electron chi connectivity index (χ4n) is 4.04. The predicted molar refractivity (Wildman–Crippen MR) is 123 cm³/mol. The van der Waals surface area contributed by atoms with Crippen LogP contribution in [-0.4, -0.2) is 10.5 Å². The van der Waals surface area contributed by atoms with Gasteiger partial charge in [-0.05, 0) is 42.8 Å². The van der Waals surface area contributed by atoms with Gasteiger partial charge in [0.2, 0.25) is 0 Å². The van der Waals surface area contributed by atoms with Gasteiger partial charge in [0.15, 0.2) is 5.43 Å². The van der Waals surface area contributed by atoms with E-state index in [-0.39, 0.29) is 18.6 Å². The number of carbonyl (C=O) groups is 1. The number of ether oxygens (including phenoxy) is 1. The first kappa shape index (κ1) is 19.8. The lowest BCUT2D eigenvalue weighted by Crippen LogP contribution is -2.18. The highest BCUT2D eigenvalue weighted by molar-refractivity contribution is 5.94. The molecule has 0 aliphatic heterocycles. The van der Waals surface area contributed by atoms with E-state index in [1.807, 2.05) is 43.3 Å². The molecule has 0 N–H and O–H groups in total. The summed E-state index contributed by atoms with van der Waals surface area (Å²) >= 11 is 0. The zero-order valence-corrected chi connectivity index (χ0v) is 17.3. The molecule has 158 valence electrons. The van der Waals surface area contributed by atoms with Crippen LogP contribution in [-0.2, 0) is 22.7 Å². The van der Waals surface area contributed by atoms with Gasteiger partial charge in [-0.1, -0.05) is 36.4 Å². The Morgan fingerprint density at radius 1 is 0.875 bits per heavy atom. The second-order valence-corrected chi connectivity index (χ2v) is 7.70. The number of aromatic nitrogens is 1. The summed E-state index contributed by atoms with van der Waals surface area (Å²) in [4.78, 5) is 37.6. The first-order valence-corrected chi connectivity index (χ1v) is 10.2. The van der Waals surface area contributed by atoms with Crippen LogP contribution in [0.4, 0.5) is 0 Å². The molecule has 6 nitrogen and oxygen atoms in total. The second-order valence-electron chi connectivity index (χ2n) is 7.70. The summed E-state index contributed by atoms with van der Waals surface area (Å²) < 4.78 is 12.6. The van der Waals surface area contributed by atoms with E-state index in [2.05, 4.69) is 0 Å². The lowest BCUT2D eigenvalue weighted by atomic mass is 10.1. The largest absolute Gasteiger partial charge is 0.459 e. The Balaban J connectivity index is 1.49. The number of fused-ring (bicyclic) bond motifs is 3. The lowest BCUT2D eigenvalue weighted by molar-refractivity contribution is -0.145. The molecule has 6 heteroatoms. The summed E-state index contributed by atoms with van der Waals surface area (Å²) in [5.41, 5.74) is 2.76. The van der Waals surface area contributed by atoms with Crippen LogP contribution in [0.5, 0.6) is 0 Å². The van der Waals surface area contributed by atoms with Crippen LogP contribution in [0, 0.1) is 6.92 Å². The normalized spacial score (nSPS) is 11.3. The predicted octanol–water partition coefficient (Wildman–Crippen LogP) is 4.31. The number of pyridine rings is 1. The second kappa shape index (κ2) is 7.81. The van der Waals surface area contributed by atoms with Crippen molar-refractivity contribution in [2.75, 3.05) is 0 Å². The number of nitrogens with zero attached hydrogens (tertiary/aromatic N) is 1. The molecule has 0 aliphatic rings. The molecule has 0 fully saturated rings. The van der Waals surface area contributed by atoms with Crippen LogP contribution in [0.2, 0.25) is 0 Å². The number of para-hydroxylation sites is 2. The molecule has 0 spiro atoms. The first-order chi connectivity index (χ1) is 15.5. The Labute approximate surface area is 182 Å². The summed E-state index contributed by atoms with van der Waals surface area (Å²) in [6.45, 7) is 1.78. The van der Waals surface area contributed by atoms with E-state index < -0.39 is 11.6 Å². The van der Waals surface area contributed by atoms with E-state index in [0.29, 0.717) is 33.0 Å². The van der Waals surface area contributed by atoms with Gasteiger partial charge in [-0.3, -0.25) is 9.59 Å². The quantitative estimate of drug-likeness (QED) is 0.244. The third kappa shape index (κ3) is 3.46. The highest BCUT2D eigenvalue weighted by atomic mass is 16.5. The lowest BCUT2D eigenvalue weighted by Gasteiger charge is -2.15. The molecular formula is C26H19NO5. The highest BCUT2D eigenvalue weighted by Gasteiger charge is 2.14. The number of rotatable bonds is 4. The SMILES string of the molecule is Cc1ccc2c(COC(=O)Cn3c4ccccc4c(=O)c4ccccc43)cc(=O)oc2c1. The van der Waals surface area contributed by atoms with Crippen molar-refractivity contribution in [3.05, 3.63) is 105 Å². The molecule has 2 aromatic heterocycles. The number of hydrogen-bond donors (Lipinski definition) is 0. The summed E-state index contributed by atoms with van der Waals surface area (Å²) in [6.07, 6.45) is 0. The number of hydrogen-bond acceptors (Lipinski definition) is 5. The monoisotopic (exact) mass is 425 g/mol. The van der Waals surface area contributed by atoms with Crippen LogP contribution in [0.15, 0.2) is 86.8 Å². The summed E-state index contributed by atoms with van der Waals surface area (Å²) in [5.74, 6) is -0.475. The standard InChI is InChI=1S/C26H19NO5/c1-16-10-11-18-17(13-24(28)32-23(18)12-16)15-31-25(29)14-27-21-8-4-2-6-19(21)26(30)20-7-3-5-9-22(20)27/h2-13H,14-15H2,1H3. The van der Waals surface area contributed by atoms with E-state index >= 15 is 0 Å². The van der Waals surface area contributed by atoms with Crippen LogP contribution < -0.4 is 11.1 Å². The maximum absolute atomic E-state index is 12.8. The molecule has 0 atom stereocenters. The van der Waals surface area contributed by atoms with Gasteiger partial charge in [0.05, 0.1) is 11.0 Å². The summed E-state index contributed by atoms with van der Waals surface area (Å²) in [7, 11) is 0. The topological polar surface area (TPSA) is 78.5 Å². The Hall–Kier alpha value is -4.19. The average molecular weight is 425 g/mol. The van der Waals surface area contributed by atoms with Gasteiger partial charge in [0.25, 0.3) is 0 Å².